The van der Waals surface area contributed by atoms with Crippen molar-refractivity contribution in [2.24, 2.45) is 17.8 Å². The summed E-state index contributed by atoms with van der Waals surface area (Å²) in [6.45, 7) is 11.9. The van der Waals surface area contributed by atoms with E-state index >= 15 is 0 Å². The molecule has 0 bridgehead atoms. The SMILES string of the molecule is CCCCCCCCCCC(=O)OC[C@H](COP(=O)(O)OC[C@H](O)COP(=O)(O)OC[C@@H](COC(=O)CCCCCCCCCCCCCCC(C)C)OC(=O)CCCCCCCCCCCCCCCC(C)C)OC(=O)CCCCCCCCCCCCCC(C)C. The van der Waals surface area contributed by atoms with Crippen molar-refractivity contribution in [1.82, 2.24) is 0 Å². The van der Waals surface area contributed by atoms with Gasteiger partial charge in [-0.3, -0.25) is 37.3 Å². The first-order valence-electron chi connectivity index (χ1n) is 38.3. The van der Waals surface area contributed by atoms with Gasteiger partial charge in [0.05, 0.1) is 26.4 Å². The van der Waals surface area contributed by atoms with Crippen molar-refractivity contribution in [3.05, 3.63) is 0 Å². The maximum absolute atomic E-state index is 13.1. The number of phosphoric acid groups is 2. The lowest BCUT2D eigenvalue weighted by molar-refractivity contribution is -0.161. The zero-order chi connectivity index (χ0) is 68.7. The molecule has 5 atom stereocenters. The third-order valence-corrected chi connectivity index (χ3v) is 19.0. The first kappa shape index (κ1) is 91.1. The number of phosphoric ester groups is 2. The number of hydrogen-bond acceptors (Lipinski definition) is 15. The minimum Gasteiger partial charge on any atom is -0.462 e. The summed E-state index contributed by atoms with van der Waals surface area (Å²) in [5.41, 5.74) is 0. The van der Waals surface area contributed by atoms with Crippen molar-refractivity contribution in [3.8, 4) is 0 Å². The molecule has 0 rings (SSSR count). The fourth-order valence-electron chi connectivity index (χ4n) is 11.2. The van der Waals surface area contributed by atoms with E-state index in [0.29, 0.717) is 25.7 Å². The average Bonchev–Trinajstić information content (AvgIpc) is 3.72. The van der Waals surface area contributed by atoms with E-state index in [1.165, 1.54) is 180 Å². The lowest BCUT2D eigenvalue weighted by Gasteiger charge is -2.21. The van der Waals surface area contributed by atoms with Gasteiger partial charge >= 0.3 is 39.5 Å². The topological polar surface area (TPSA) is 237 Å². The van der Waals surface area contributed by atoms with Crippen LogP contribution in [0, 0.1) is 17.8 Å². The fraction of sp³-hybridized carbons (Fsp3) is 0.946. The van der Waals surface area contributed by atoms with E-state index in [-0.39, 0.29) is 25.7 Å². The number of rotatable bonds is 72. The quantitative estimate of drug-likeness (QED) is 0.0222. The number of esters is 4. The molecule has 0 aliphatic rings. The Morgan fingerprint density at radius 2 is 0.495 bits per heavy atom. The zero-order valence-electron chi connectivity index (χ0n) is 60.7. The Morgan fingerprint density at radius 1 is 0.290 bits per heavy atom. The molecule has 93 heavy (non-hydrogen) atoms. The second-order valence-electron chi connectivity index (χ2n) is 28.1. The molecule has 17 nitrogen and oxygen atoms in total. The molecule has 0 fully saturated rings. The molecule has 0 spiro atoms. The number of aliphatic hydroxyl groups excluding tert-OH is 1. The van der Waals surface area contributed by atoms with Gasteiger partial charge in [0.1, 0.15) is 19.3 Å². The molecule has 3 N–H and O–H groups in total. The second kappa shape index (κ2) is 64.7. The molecule has 0 aliphatic heterocycles. The molecular weight excluding hydrogens is 1220 g/mol. The lowest BCUT2D eigenvalue weighted by Crippen LogP contribution is -2.30. The van der Waals surface area contributed by atoms with Crippen LogP contribution in [0.3, 0.4) is 0 Å². The van der Waals surface area contributed by atoms with Gasteiger partial charge in [-0.25, -0.2) is 9.13 Å². The van der Waals surface area contributed by atoms with Crippen LogP contribution in [-0.4, -0.2) is 96.7 Å². The summed E-state index contributed by atoms with van der Waals surface area (Å²) in [4.78, 5) is 72.7. The van der Waals surface area contributed by atoms with E-state index in [0.717, 1.165) is 114 Å². The number of aliphatic hydroxyl groups is 1. The molecule has 0 aromatic rings. The first-order valence-corrected chi connectivity index (χ1v) is 41.3. The largest absolute Gasteiger partial charge is 0.472 e. The van der Waals surface area contributed by atoms with Crippen molar-refractivity contribution in [2.75, 3.05) is 39.6 Å². The van der Waals surface area contributed by atoms with Gasteiger partial charge in [0.2, 0.25) is 0 Å². The molecular formula is C74H144O17P2. The maximum Gasteiger partial charge on any atom is 0.472 e. The smallest absolute Gasteiger partial charge is 0.462 e. The van der Waals surface area contributed by atoms with Crippen LogP contribution in [-0.2, 0) is 65.4 Å². The summed E-state index contributed by atoms with van der Waals surface area (Å²) >= 11 is 0. The molecule has 0 saturated heterocycles. The van der Waals surface area contributed by atoms with Crippen molar-refractivity contribution in [1.29, 1.82) is 0 Å². The number of unbranched alkanes of at least 4 members (excludes halogenated alkanes) is 40. The van der Waals surface area contributed by atoms with E-state index in [4.69, 9.17) is 37.0 Å². The molecule has 0 radical (unpaired) electrons. The maximum atomic E-state index is 13.1. The number of ether oxygens (including phenoxy) is 4. The van der Waals surface area contributed by atoms with Gasteiger partial charge in [-0.15, -0.1) is 0 Å². The van der Waals surface area contributed by atoms with Crippen molar-refractivity contribution in [2.45, 2.75) is 394 Å². The van der Waals surface area contributed by atoms with Crippen molar-refractivity contribution < 1.29 is 80.2 Å². The van der Waals surface area contributed by atoms with E-state index in [9.17, 15) is 43.2 Å². The molecule has 19 heteroatoms. The highest BCUT2D eigenvalue weighted by molar-refractivity contribution is 7.47. The van der Waals surface area contributed by atoms with Gasteiger partial charge < -0.3 is 33.8 Å². The lowest BCUT2D eigenvalue weighted by atomic mass is 10.0. The third kappa shape index (κ3) is 68.4. The first-order chi connectivity index (χ1) is 44.7. The molecule has 0 aromatic heterocycles. The molecule has 0 amide bonds. The van der Waals surface area contributed by atoms with Gasteiger partial charge in [0.25, 0.3) is 0 Å². The summed E-state index contributed by atoms with van der Waals surface area (Å²) in [6, 6.07) is 0. The molecule has 0 aliphatic carbocycles. The highest BCUT2D eigenvalue weighted by Gasteiger charge is 2.30. The van der Waals surface area contributed by atoms with E-state index in [1.54, 1.807) is 0 Å². The van der Waals surface area contributed by atoms with E-state index in [2.05, 4.69) is 48.5 Å². The van der Waals surface area contributed by atoms with Gasteiger partial charge in [0.15, 0.2) is 12.2 Å². The Morgan fingerprint density at radius 3 is 0.731 bits per heavy atom. The molecule has 2 unspecified atom stereocenters. The molecule has 0 heterocycles. The van der Waals surface area contributed by atoms with Crippen LogP contribution in [0.1, 0.15) is 376 Å². The molecule has 0 aromatic carbocycles. The van der Waals surface area contributed by atoms with Crippen molar-refractivity contribution >= 4 is 39.5 Å². The highest BCUT2D eigenvalue weighted by atomic mass is 31.2. The van der Waals surface area contributed by atoms with Gasteiger partial charge in [-0.05, 0) is 43.4 Å². The van der Waals surface area contributed by atoms with Crippen LogP contribution in [0.5, 0.6) is 0 Å². The Balaban J connectivity index is 5.23. The van der Waals surface area contributed by atoms with Crippen molar-refractivity contribution in [3.63, 3.8) is 0 Å². The molecule has 552 valence electrons. The van der Waals surface area contributed by atoms with Crippen LogP contribution in [0.25, 0.3) is 0 Å². The monoisotopic (exact) mass is 1370 g/mol. The van der Waals surface area contributed by atoms with Crippen LogP contribution >= 0.6 is 15.6 Å². The van der Waals surface area contributed by atoms with Crippen LogP contribution < -0.4 is 0 Å². The van der Waals surface area contributed by atoms with E-state index < -0.39 is 97.5 Å². The summed E-state index contributed by atoms with van der Waals surface area (Å²) in [6.07, 6.45) is 49.9. The minimum atomic E-state index is -4.96. The predicted molar refractivity (Wildman–Crippen MR) is 377 cm³/mol. The standard InChI is InChI=1S/C74H144O17P2/c1-8-9-10-11-12-34-41-48-55-71(76)84-61-69(90-74(79)58-51-44-37-30-24-18-21-27-33-40-47-54-67(6)7)63-88-92(80,81)86-59-68(75)60-87-93(82,83)89-64-70(62-85-72(77)56-49-42-35-28-22-17-16-20-26-32-39-46-53-66(4)5)91-73(78)57-50-43-36-29-23-15-13-14-19-25-31-38-45-52-65(2)3/h65-70,75H,8-64H2,1-7H3,(H,80,81)(H,82,83)/t68-,69+,70+/m0/s1. The summed E-state index contributed by atoms with van der Waals surface area (Å²) in [5, 5.41) is 10.6. The minimum absolute atomic E-state index is 0.106. The Hall–Kier alpha value is -1.94. The van der Waals surface area contributed by atoms with Gasteiger partial charge in [-0.2, -0.15) is 0 Å². The average molecular weight is 1370 g/mol. The predicted octanol–water partition coefficient (Wildman–Crippen LogP) is 21.4. The summed E-state index contributed by atoms with van der Waals surface area (Å²) < 4.78 is 68.4. The van der Waals surface area contributed by atoms with Crippen LogP contribution in [0.2, 0.25) is 0 Å². The summed E-state index contributed by atoms with van der Waals surface area (Å²) in [7, 11) is -9.91. The summed E-state index contributed by atoms with van der Waals surface area (Å²) in [5.74, 6) is 0.212. The highest BCUT2D eigenvalue weighted by Crippen LogP contribution is 2.45. The zero-order valence-corrected chi connectivity index (χ0v) is 62.5. The Bertz CT molecular complexity index is 1820. The number of carbonyl (C=O) groups excluding carboxylic acids is 4. The van der Waals surface area contributed by atoms with Gasteiger partial charge in [-0.1, -0.05) is 325 Å². The van der Waals surface area contributed by atoms with Crippen LogP contribution in [0.4, 0.5) is 0 Å². The normalized spacial score (nSPS) is 14.1. The number of carbonyl (C=O) groups is 4. The fourth-order valence-corrected chi connectivity index (χ4v) is 12.8. The third-order valence-electron chi connectivity index (χ3n) is 17.1. The van der Waals surface area contributed by atoms with E-state index in [1.807, 2.05) is 0 Å². The van der Waals surface area contributed by atoms with Crippen LogP contribution in [0.15, 0.2) is 0 Å². The van der Waals surface area contributed by atoms with Gasteiger partial charge in [0, 0.05) is 25.7 Å². The second-order valence-corrected chi connectivity index (χ2v) is 31.0. The Labute approximate surface area is 568 Å². The Kier molecular flexibility index (Phi) is 63.4. The number of hydrogen-bond donors (Lipinski definition) is 3. The molecule has 0 saturated carbocycles.